The maximum atomic E-state index is 14.3. The molecule has 1 aromatic carbocycles. The van der Waals surface area contributed by atoms with Gasteiger partial charge in [-0.05, 0) is 44.0 Å². The van der Waals surface area contributed by atoms with Gasteiger partial charge < -0.3 is 20.6 Å². The molecule has 3 aromatic heterocycles. The quantitative estimate of drug-likeness (QED) is 0.359. The third-order valence-corrected chi connectivity index (χ3v) is 5.59. The predicted octanol–water partition coefficient (Wildman–Crippen LogP) is 2.52. The summed E-state index contributed by atoms with van der Waals surface area (Å²) in [7, 11) is 0. The van der Waals surface area contributed by atoms with E-state index in [1.807, 2.05) is 13.0 Å². The van der Waals surface area contributed by atoms with Crippen molar-refractivity contribution in [3.63, 3.8) is 0 Å². The van der Waals surface area contributed by atoms with E-state index in [4.69, 9.17) is 16.6 Å². The van der Waals surface area contributed by atoms with Gasteiger partial charge >= 0.3 is 5.69 Å². The maximum absolute atomic E-state index is 14.3. The van der Waals surface area contributed by atoms with Gasteiger partial charge in [0.1, 0.15) is 17.5 Å². The lowest BCUT2D eigenvalue weighted by molar-refractivity contribution is 0.600. The summed E-state index contributed by atoms with van der Waals surface area (Å²) in [5, 5.41) is 12.7. The lowest BCUT2D eigenvalue weighted by atomic mass is 10.1. The number of nitrogens with zero attached hydrogens (tertiary/aromatic N) is 3. The van der Waals surface area contributed by atoms with E-state index in [-0.39, 0.29) is 17.5 Å². The summed E-state index contributed by atoms with van der Waals surface area (Å²) in [6.07, 6.45) is 5.62. The molecule has 0 unspecified atom stereocenters. The minimum Gasteiger partial charge on any atom is -0.367 e. The lowest BCUT2D eigenvalue weighted by Gasteiger charge is -2.17. The van der Waals surface area contributed by atoms with Crippen LogP contribution in [-0.4, -0.2) is 30.6 Å². The first kappa shape index (κ1) is 20.3. The highest BCUT2D eigenvalue weighted by molar-refractivity contribution is 6.30. The number of nitrogens with one attached hydrogen (secondary N) is 4. The zero-order chi connectivity index (χ0) is 22.4. The Hall–Kier alpha value is -3.59. The van der Waals surface area contributed by atoms with Crippen molar-refractivity contribution in [1.29, 1.82) is 0 Å². The van der Waals surface area contributed by atoms with Crippen molar-refractivity contribution in [3.05, 3.63) is 73.6 Å². The zero-order valence-electron chi connectivity index (χ0n) is 17.2. The first-order chi connectivity index (χ1) is 15.4. The standard InChI is InChI=1S/C22H21ClFN7O/c1-11(16-8-14(23)3-6-17(16)24)26-19-9-20(28-15-4-5-15)31-21(30-19)13(10-25-31)7-18-12(2)27-22(32)29-18/h3,6-11,15,28H,2,4-5H2,1H3,(H,26,30)(H2,27,29,32)/b18-7-/t11-/m0/s1. The molecule has 3 heterocycles. The first-order valence-corrected chi connectivity index (χ1v) is 10.6. The molecule has 4 N–H and O–H groups in total. The topological polar surface area (TPSA) is 103 Å². The molecule has 0 spiro atoms. The van der Waals surface area contributed by atoms with E-state index in [1.54, 1.807) is 22.9 Å². The summed E-state index contributed by atoms with van der Waals surface area (Å²) < 4.78 is 16.1. The van der Waals surface area contributed by atoms with Gasteiger partial charge in [-0.2, -0.15) is 9.61 Å². The summed E-state index contributed by atoms with van der Waals surface area (Å²) in [5.41, 5.74) is 1.40. The van der Waals surface area contributed by atoms with Gasteiger partial charge in [0.05, 0.1) is 22.9 Å². The van der Waals surface area contributed by atoms with Gasteiger partial charge in [-0.3, -0.25) is 0 Å². The van der Waals surface area contributed by atoms with Crippen LogP contribution in [0.1, 0.15) is 36.9 Å². The molecule has 0 aliphatic heterocycles. The van der Waals surface area contributed by atoms with E-state index in [0.29, 0.717) is 44.4 Å². The molecule has 0 bridgehead atoms. The second kappa shape index (κ2) is 7.83. The van der Waals surface area contributed by atoms with Crippen molar-refractivity contribution in [2.75, 3.05) is 10.6 Å². The highest BCUT2D eigenvalue weighted by Gasteiger charge is 2.23. The van der Waals surface area contributed by atoms with Gasteiger partial charge in [0, 0.05) is 28.3 Å². The fourth-order valence-electron chi connectivity index (χ4n) is 3.55. The molecule has 164 valence electrons. The molecule has 32 heavy (non-hydrogen) atoms. The highest BCUT2D eigenvalue weighted by atomic mass is 35.5. The number of imidazole rings is 1. The van der Waals surface area contributed by atoms with Crippen molar-refractivity contribution >= 4 is 41.5 Å². The van der Waals surface area contributed by atoms with Crippen LogP contribution in [0.5, 0.6) is 0 Å². The average Bonchev–Trinajstić information content (AvgIpc) is 3.38. The molecule has 8 nitrogen and oxygen atoms in total. The molecule has 1 aliphatic rings. The first-order valence-electron chi connectivity index (χ1n) is 10.2. The Bertz CT molecular complexity index is 1480. The average molecular weight is 454 g/mol. The second-order valence-electron chi connectivity index (χ2n) is 7.93. The van der Waals surface area contributed by atoms with Crippen LogP contribution >= 0.6 is 11.6 Å². The predicted molar refractivity (Wildman–Crippen MR) is 123 cm³/mol. The van der Waals surface area contributed by atoms with Crippen molar-refractivity contribution in [1.82, 2.24) is 24.6 Å². The molecule has 1 saturated carbocycles. The number of halogens is 2. The zero-order valence-corrected chi connectivity index (χ0v) is 18.0. The third kappa shape index (κ3) is 3.99. The molecule has 1 atom stereocenters. The number of benzene rings is 1. The normalized spacial score (nSPS) is 15.3. The van der Waals surface area contributed by atoms with E-state index in [2.05, 4.69) is 32.3 Å². The van der Waals surface area contributed by atoms with Crippen LogP contribution < -0.4 is 27.0 Å². The molecule has 0 saturated heterocycles. The Morgan fingerprint density at radius 3 is 2.88 bits per heavy atom. The van der Waals surface area contributed by atoms with Crippen molar-refractivity contribution in [2.24, 2.45) is 0 Å². The van der Waals surface area contributed by atoms with Gasteiger partial charge in [0.2, 0.25) is 0 Å². The van der Waals surface area contributed by atoms with Crippen LogP contribution in [0.3, 0.4) is 0 Å². The van der Waals surface area contributed by atoms with Crippen molar-refractivity contribution < 1.29 is 4.39 Å². The molecule has 0 radical (unpaired) electrons. The van der Waals surface area contributed by atoms with Crippen LogP contribution in [0.2, 0.25) is 5.02 Å². The number of hydrogen-bond donors (Lipinski definition) is 4. The van der Waals surface area contributed by atoms with E-state index in [9.17, 15) is 9.18 Å². The Kier molecular flexibility index (Phi) is 4.97. The number of hydrogen-bond acceptors (Lipinski definition) is 5. The molecule has 5 rings (SSSR count). The summed E-state index contributed by atoms with van der Waals surface area (Å²) in [5.74, 6) is 0.987. The second-order valence-corrected chi connectivity index (χ2v) is 8.36. The molecular formula is C22H21ClFN7O. The number of aromatic nitrogens is 5. The number of aromatic amines is 2. The number of fused-ring (bicyclic) bond motifs is 1. The Balaban J connectivity index is 1.58. The Morgan fingerprint density at radius 1 is 1.34 bits per heavy atom. The number of H-pyrrole nitrogens is 2. The van der Waals surface area contributed by atoms with Crippen molar-refractivity contribution in [3.8, 4) is 0 Å². The summed E-state index contributed by atoms with van der Waals surface area (Å²) in [6.45, 7) is 5.68. The monoisotopic (exact) mass is 453 g/mol. The van der Waals surface area contributed by atoms with Crippen LogP contribution in [0.15, 0.2) is 35.3 Å². The van der Waals surface area contributed by atoms with Crippen molar-refractivity contribution in [2.45, 2.75) is 31.8 Å². The van der Waals surface area contributed by atoms with Gasteiger partial charge in [-0.25, -0.2) is 14.2 Å². The molecule has 10 heteroatoms. The SMILES string of the molecule is C=c1[nH]c(=O)[nH]/c1=C\c1cnn2c(NC3CC3)cc(N[C@@H](C)c3cc(Cl)ccc3F)nc12. The maximum Gasteiger partial charge on any atom is 0.323 e. The number of anilines is 2. The van der Waals surface area contributed by atoms with Gasteiger partial charge in [0.15, 0.2) is 5.65 Å². The van der Waals surface area contributed by atoms with E-state index in [0.717, 1.165) is 18.7 Å². The van der Waals surface area contributed by atoms with Gasteiger partial charge in [0.25, 0.3) is 0 Å². The highest BCUT2D eigenvalue weighted by Crippen LogP contribution is 2.29. The fourth-order valence-corrected chi connectivity index (χ4v) is 3.73. The summed E-state index contributed by atoms with van der Waals surface area (Å²) >= 11 is 6.06. The Labute approximate surface area is 186 Å². The van der Waals surface area contributed by atoms with E-state index >= 15 is 0 Å². The van der Waals surface area contributed by atoms with Crippen LogP contribution in [0, 0.1) is 5.82 Å². The minimum atomic E-state index is -0.375. The smallest absolute Gasteiger partial charge is 0.323 e. The third-order valence-electron chi connectivity index (χ3n) is 5.35. The summed E-state index contributed by atoms with van der Waals surface area (Å²) in [4.78, 5) is 21.6. The fraction of sp³-hybridized carbons (Fsp3) is 0.227. The van der Waals surface area contributed by atoms with Crippen LogP contribution in [0.25, 0.3) is 18.3 Å². The van der Waals surface area contributed by atoms with E-state index in [1.165, 1.54) is 12.1 Å². The molecule has 1 fully saturated rings. The van der Waals surface area contributed by atoms with Gasteiger partial charge in [-0.15, -0.1) is 0 Å². The minimum absolute atomic E-state index is 0.332. The lowest BCUT2D eigenvalue weighted by Crippen LogP contribution is -2.22. The van der Waals surface area contributed by atoms with Gasteiger partial charge in [-0.1, -0.05) is 18.2 Å². The van der Waals surface area contributed by atoms with E-state index < -0.39 is 0 Å². The molecular weight excluding hydrogens is 433 g/mol. The molecule has 1 aliphatic carbocycles. The number of rotatable bonds is 6. The summed E-state index contributed by atoms with van der Waals surface area (Å²) in [6, 6.07) is 6.34. The molecule has 0 amide bonds. The Morgan fingerprint density at radius 2 is 2.16 bits per heavy atom. The van der Waals surface area contributed by atoms with Crippen LogP contribution in [0.4, 0.5) is 16.0 Å². The van der Waals surface area contributed by atoms with Crippen LogP contribution in [-0.2, 0) is 0 Å². The molecule has 4 aromatic rings. The largest absolute Gasteiger partial charge is 0.367 e.